The zero-order chi connectivity index (χ0) is 15.3. The molecule has 0 aliphatic carbocycles. The lowest BCUT2D eigenvalue weighted by molar-refractivity contribution is -0.387. The van der Waals surface area contributed by atoms with Crippen molar-refractivity contribution in [3.8, 4) is 0 Å². The van der Waals surface area contributed by atoms with Gasteiger partial charge in [0.2, 0.25) is 5.82 Å². The summed E-state index contributed by atoms with van der Waals surface area (Å²) in [6, 6.07) is 1.10. The number of nitrogens with one attached hydrogen (secondary N) is 1. The average Bonchev–Trinajstić information content (AvgIpc) is 2.38. The maximum Gasteiger partial charge on any atom is 0.308 e. The molecule has 0 saturated carbocycles. The molecule has 1 aromatic rings. The summed E-state index contributed by atoms with van der Waals surface area (Å²) in [7, 11) is 0. The van der Waals surface area contributed by atoms with Gasteiger partial charge in [0.15, 0.2) is 0 Å². The normalized spacial score (nSPS) is 12.0. The first-order valence-corrected chi connectivity index (χ1v) is 7.16. The Bertz CT molecular complexity index is 526. The van der Waals surface area contributed by atoms with Crippen LogP contribution in [0.3, 0.4) is 0 Å². The Morgan fingerprint density at radius 2 is 2.15 bits per heavy atom. The van der Waals surface area contributed by atoms with Gasteiger partial charge in [-0.25, -0.2) is 4.39 Å². The van der Waals surface area contributed by atoms with Crippen LogP contribution in [0.1, 0.15) is 17.3 Å². The monoisotopic (exact) mass is 304 g/mol. The maximum atomic E-state index is 13.8. The molecule has 0 spiro atoms. The van der Waals surface area contributed by atoms with Crippen LogP contribution in [-0.2, 0) is 0 Å². The fourth-order valence-electron chi connectivity index (χ4n) is 1.58. The minimum absolute atomic E-state index is 0.153. The van der Waals surface area contributed by atoms with Gasteiger partial charge in [0.25, 0.3) is 5.91 Å². The number of hydrogen-bond donors (Lipinski definition) is 1. The van der Waals surface area contributed by atoms with E-state index in [1.165, 1.54) is 0 Å². The van der Waals surface area contributed by atoms with E-state index in [0.29, 0.717) is 12.1 Å². The summed E-state index contributed by atoms with van der Waals surface area (Å²) in [5, 5.41) is 13.0. The Labute approximate surface area is 118 Å². The molecule has 1 rings (SSSR count). The highest BCUT2D eigenvalue weighted by atomic mass is 32.2. The van der Waals surface area contributed by atoms with Crippen molar-refractivity contribution in [2.45, 2.75) is 6.92 Å². The molecular formula is C12H14F2N2O3S. The van der Waals surface area contributed by atoms with Crippen LogP contribution in [0.4, 0.5) is 14.5 Å². The number of thioether (sulfide) groups is 1. The molecule has 0 heterocycles. The number of carbonyl (C=O) groups is 1. The molecule has 8 heteroatoms. The first-order chi connectivity index (χ1) is 9.36. The van der Waals surface area contributed by atoms with Gasteiger partial charge in [-0.3, -0.25) is 14.9 Å². The first kappa shape index (κ1) is 16.4. The van der Waals surface area contributed by atoms with Crippen LogP contribution in [0.15, 0.2) is 12.1 Å². The van der Waals surface area contributed by atoms with Crippen LogP contribution < -0.4 is 5.32 Å². The summed E-state index contributed by atoms with van der Waals surface area (Å²) in [5.41, 5.74) is -1.71. The number of amides is 1. The number of nitro benzene ring substituents is 1. The van der Waals surface area contributed by atoms with Gasteiger partial charge in [-0.2, -0.15) is 16.2 Å². The Kier molecular flexibility index (Phi) is 5.87. The molecule has 1 unspecified atom stereocenters. The van der Waals surface area contributed by atoms with Crippen molar-refractivity contribution in [1.82, 2.24) is 5.32 Å². The molecular weight excluding hydrogens is 290 g/mol. The largest absolute Gasteiger partial charge is 0.352 e. The zero-order valence-corrected chi connectivity index (χ0v) is 11.8. The van der Waals surface area contributed by atoms with E-state index in [0.717, 1.165) is 5.75 Å². The summed E-state index contributed by atoms with van der Waals surface area (Å²) in [6.45, 7) is 2.17. The number of rotatable bonds is 6. The molecule has 1 N–H and O–H groups in total. The van der Waals surface area contributed by atoms with Crippen molar-refractivity contribution in [1.29, 1.82) is 0 Å². The molecule has 20 heavy (non-hydrogen) atoms. The third-order valence-electron chi connectivity index (χ3n) is 2.52. The predicted octanol–water partition coefficient (Wildman–Crippen LogP) is 2.60. The van der Waals surface area contributed by atoms with Crippen molar-refractivity contribution >= 4 is 23.4 Å². The third kappa shape index (κ3) is 4.16. The summed E-state index contributed by atoms with van der Waals surface area (Å²) in [4.78, 5) is 21.3. The summed E-state index contributed by atoms with van der Waals surface area (Å²) in [6.07, 6.45) is 1.91. The van der Waals surface area contributed by atoms with E-state index < -0.39 is 33.7 Å². The number of benzene rings is 1. The minimum atomic E-state index is -1.33. The van der Waals surface area contributed by atoms with Crippen LogP contribution in [0, 0.1) is 27.7 Å². The van der Waals surface area contributed by atoms with Gasteiger partial charge in [0, 0.05) is 6.54 Å². The van der Waals surface area contributed by atoms with Gasteiger partial charge in [-0.1, -0.05) is 6.92 Å². The topological polar surface area (TPSA) is 72.2 Å². The van der Waals surface area contributed by atoms with Crippen molar-refractivity contribution in [3.63, 3.8) is 0 Å². The van der Waals surface area contributed by atoms with Gasteiger partial charge in [-0.05, 0) is 24.0 Å². The Hall–Kier alpha value is -1.70. The highest BCUT2D eigenvalue weighted by Crippen LogP contribution is 2.22. The lowest BCUT2D eigenvalue weighted by Crippen LogP contribution is -2.30. The molecule has 5 nitrogen and oxygen atoms in total. The standard InChI is InChI=1S/C12H14F2N2O3S/c1-7(6-20-2)5-15-12(17)9-3-8(13)4-10(11(9)14)16(18)19/h3-4,7H,5-6H2,1-2H3,(H,15,17). The van der Waals surface area contributed by atoms with E-state index in [4.69, 9.17) is 0 Å². The summed E-state index contributed by atoms with van der Waals surface area (Å²) >= 11 is 1.59. The van der Waals surface area contributed by atoms with Gasteiger partial charge in [0.1, 0.15) is 5.82 Å². The van der Waals surface area contributed by atoms with E-state index in [1.807, 2.05) is 13.2 Å². The van der Waals surface area contributed by atoms with Crippen LogP contribution in [0.5, 0.6) is 0 Å². The lowest BCUT2D eigenvalue weighted by Gasteiger charge is -2.11. The van der Waals surface area contributed by atoms with E-state index in [-0.39, 0.29) is 12.5 Å². The summed E-state index contributed by atoms with van der Waals surface area (Å²) < 4.78 is 26.9. The molecule has 1 aromatic carbocycles. The average molecular weight is 304 g/mol. The number of hydrogen-bond acceptors (Lipinski definition) is 4. The first-order valence-electron chi connectivity index (χ1n) is 5.77. The summed E-state index contributed by atoms with van der Waals surface area (Å²) in [5.74, 6) is -2.27. The van der Waals surface area contributed by atoms with Gasteiger partial charge >= 0.3 is 5.69 Å². The molecule has 0 radical (unpaired) electrons. The predicted molar refractivity (Wildman–Crippen MR) is 72.9 cm³/mol. The molecule has 0 aliphatic heterocycles. The Balaban J connectivity index is 2.90. The second kappa shape index (κ2) is 7.18. The SMILES string of the molecule is CSCC(C)CNC(=O)c1cc(F)cc([N+](=O)[O-])c1F. The molecule has 0 aliphatic rings. The van der Waals surface area contributed by atoms with Crippen molar-refractivity contribution in [2.75, 3.05) is 18.6 Å². The molecule has 0 fully saturated rings. The molecule has 0 aromatic heterocycles. The van der Waals surface area contributed by atoms with Crippen LogP contribution in [0.2, 0.25) is 0 Å². The number of nitro groups is 1. The van der Waals surface area contributed by atoms with E-state index >= 15 is 0 Å². The molecule has 110 valence electrons. The van der Waals surface area contributed by atoms with E-state index in [2.05, 4.69) is 5.32 Å². The third-order valence-corrected chi connectivity index (χ3v) is 3.42. The fraction of sp³-hybridized carbons (Fsp3) is 0.417. The molecule has 0 bridgehead atoms. The minimum Gasteiger partial charge on any atom is -0.352 e. The van der Waals surface area contributed by atoms with E-state index in [9.17, 15) is 23.7 Å². The number of carbonyl (C=O) groups excluding carboxylic acids is 1. The van der Waals surface area contributed by atoms with Crippen LogP contribution >= 0.6 is 11.8 Å². The quantitative estimate of drug-likeness (QED) is 0.647. The van der Waals surface area contributed by atoms with Gasteiger partial charge in [-0.15, -0.1) is 0 Å². The maximum absolute atomic E-state index is 13.8. The second-order valence-electron chi connectivity index (χ2n) is 4.31. The van der Waals surface area contributed by atoms with Crippen molar-refractivity contribution < 1.29 is 18.5 Å². The number of nitrogens with zero attached hydrogens (tertiary/aromatic N) is 1. The van der Waals surface area contributed by atoms with Crippen molar-refractivity contribution in [2.24, 2.45) is 5.92 Å². The smallest absolute Gasteiger partial charge is 0.308 e. The second-order valence-corrected chi connectivity index (χ2v) is 5.22. The Morgan fingerprint density at radius 1 is 1.50 bits per heavy atom. The van der Waals surface area contributed by atoms with Crippen LogP contribution in [-0.4, -0.2) is 29.4 Å². The molecule has 1 amide bonds. The number of halogens is 2. The van der Waals surface area contributed by atoms with E-state index in [1.54, 1.807) is 11.8 Å². The highest BCUT2D eigenvalue weighted by molar-refractivity contribution is 7.98. The van der Waals surface area contributed by atoms with Gasteiger partial charge < -0.3 is 5.32 Å². The highest BCUT2D eigenvalue weighted by Gasteiger charge is 2.24. The van der Waals surface area contributed by atoms with Crippen LogP contribution in [0.25, 0.3) is 0 Å². The van der Waals surface area contributed by atoms with Crippen molar-refractivity contribution in [3.05, 3.63) is 39.4 Å². The fourth-order valence-corrected chi connectivity index (χ4v) is 2.27. The zero-order valence-electron chi connectivity index (χ0n) is 11.0. The molecule has 1 atom stereocenters. The van der Waals surface area contributed by atoms with Gasteiger partial charge in [0.05, 0.1) is 16.6 Å². The molecule has 0 saturated heterocycles. The Morgan fingerprint density at radius 3 is 2.70 bits per heavy atom. The lowest BCUT2D eigenvalue weighted by atomic mass is 10.1.